The monoisotopic (exact) mass is 261 g/mol. The Morgan fingerprint density at radius 2 is 2.32 bits per heavy atom. The molecule has 104 valence electrons. The third-order valence-corrected chi connectivity index (χ3v) is 4.75. The van der Waals surface area contributed by atoms with Crippen LogP contribution in [0.3, 0.4) is 0 Å². The molecule has 2 aliphatic heterocycles. The number of nitrogens with zero attached hydrogens (tertiary/aromatic N) is 2. The van der Waals surface area contributed by atoms with E-state index in [-0.39, 0.29) is 0 Å². The molecule has 1 aromatic rings. The summed E-state index contributed by atoms with van der Waals surface area (Å²) in [5.41, 5.74) is 2.51. The number of likely N-dealkylation sites (tertiary alicyclic amines) is 1. The van der Waals surface area contributed by atoms with Gasteiger partial charge < -0.3 is 15.6 Å². The van der Waals surface area contributed by atoms with Crippen LogP contribution in [0.1, 0.15) is 30.7 Å². The lowest BCUT2D eigenvalue weighted by Crippen LogP contribution is -2.46. The fraction of sp³-hybridized carbons (Fsp3) is 0.786. The van der Waals surface area contributed by atoms with Crippen molar-refractivity contribution in [2.75, 3.05) is 19.6 Å². The summed E-state index contributed by atoms with van der Waals surface area (Å²) in [5.74, 6) is 0. The standard InChI is InChI=1S/C14H23N5/c1-2-12(1)19-4-3-10(8-19)15-6-11-5-13-14(7-16-11)18-9-17-13/h9-12,15-16H,1-8H2,(H,17,18). The average Bonchev–Trinajstić information content (AvgIpc) is 3.01. The van der Waals surface area contributed by atoms with Crippen LogP contribution in [0.5, 0.6) is 0 Å². The van der Waals surface area contributed by atoms with Gasteiger partial charge in [0.25, 0.3) is 0 Å². The van der Waals surface area contributed by atoms with Gasteiger partial charge in [0.15, 0.2) is 0 Å². The molecule has 0 radical (unpaired) electrons. The molecule has 0 bridgehead atoms. The van der Waals surface area contributed by atoms with Crippen LogP contribution in [-0.4, -0.2) is 52.6 Å². The van der Waals surface area contributed by atoms with E-state index in [0.717, 1.165) is 25.6 Å². The molecule has 0 aromatic carbocycles. The molecule has 1 saturated carbocycles. The molecule has 5 nitrogen and oxygen atoms in total. The van der Waals surface area contributed by atoms with E-state index in [1.165, 1.54) is 43.7 Å². The minimum Gasteiger partial charge on any atom is -0.347 e. The SMILES string of the molecule is c1nc2c([nH]1)CNC(CNC1CCN(C3CC3)C1)C2. The van der Waals surface area contributed by atoms with Crippen molar-refractivity contribution >= 4 is 0 Å². The maximum Gasteiger partial charge on any atom is 0.0925 e. The molecule has 2 atom stereocenters. The smallest absolute Gasteiger partial charge is 0.0925 e. The predicted octanol–water partition coefficient (Wildman–Crippen LogP) is 0.250. The van der Waals surface area contributed by atoms with Crippen LogP contribution in [0, 0.1) is 0 Å². The van der Waals surface area contributed by atoms with Gasteiger partial charge in [-0.25, -0.2) is 4.98 Å². The van der Waals surface area contributed by atoms with Crippen molar-refractivity contribution in [3.05, 3.63) is 17.7 Å². The normalized spacial score (nSPS) is 31.6. The minimum atomic E-state index is 0.533. The Morgan fingerprint density at radius 1 is 1.37 bits per heavy atom. The summed E-state index contributed by atoms with van der Waals surface area (Å²) in [4.78, 5) is 10.3. The zero-order valence-corrected chi connectivity index (χ0v) is 11.4. The molecular weight excluding hydrogens is 238 g/mol. The van der Waals surface area contributed by atoms with Crippen molar-refractivity contribution < 1.29 is 0 Å². The van der Waals surface area contributed by atoms with Crippen LogP contribution in [0.2, 0.25) is 0 Å². The topological polar surface area (TPSA) is 56.0 Å². The number of aromatic amines is 1. The number of rotatable bonds is 4. The van der Waals surface area contributed by atoms with Crippen LogP contribution >= 0.6 is 0 Å². The Labute approximate surface area is 114 Å². The molecule has 3 aliphatic rings. The largest absolute Gasteiger partial charge is 0.347 e. The van der Waals surface area contributed by atoms with Crippen molar-refractivity contribution in [2.45, 2.75) is 50.4 Å². The van der Waals surface area contributed by atoms with Gasteiger partial charge in [0, 0.05) is 50.7 Å². The van der Waals surface area contributed by atoms with Crippen molar-refractivity contribution in [1.82, 2.24) is 25.5 Å². The lowest BCUT2D eigenvalue weighted by Gasteiger charge is -2.25. The number of imidazole rings is 1. The number of nitrogens with one attached hydrogen (secondary N) is 3. The van der Waals surface area contributed by atoms with E-state index in [2.05, 4.69) is 25.5 Å². The summed E-state index contributed by atoms with van der Waals surface area (Å²) in [6.07, 6.45) is 7.03. The summed E-state index contributed by atoms with van der Waals surface area (Å²) in [6.45, 7) is 4.55. The van der Waals surface area contributed by atoms with Crippen molar-refractivity contribution in [3.63, 3.8) is 0 Å². The van der Waals surface area contributed by atoms with E-state index in [1.54, 1.807) is 0 Å². The summed E-state index contributed by atoms with van der Waals surface area (Å²) < 4.78 is 0. The number of hydrogen-bond donors (Lipinski definition) is 3. The molecule has 2 fully saturated rings. The molecule has 3 heterocycles. The molecule has 1 aromatic heterocycles. The highest BCUT2D eigenvalue weighted by atomic mass is 15.2. The molecule has 3 N–H and O–H groups in total. The van der Waals surface area contributed by atoms with Crippen LogP contribution in [0.15, 0.2) is 6.33 Å². The van der Waals surface area contributed by atoms with Crippen LogP contribution < -0.4 is 10.6 Å². The first-order chi connectivity index (χ1) is 9.38. The lowest BCUT2D eigenvalue weighted by molar-refractivity contribution is 0.314. The minimum absolute atomic E-state index is 0.533. The van der Waals surface area contributed by atoms with Crippen LogP contribution in [0.25, 0.3) is 0 Å². The third kappa shape index (κ3) is 2.55. The van der Waals surface area contributed by atoms with E-state index in [9.17, 15) is 0 Å². The molecule has 1 aliphatic carbocycles. The Bertz CT molecular complexity index is 439. The van der Waals surface area contributed by atoms with E-state index in [1.807, 2.05) is 6.33 Å². The van der Waals surface area contributed by atoms with Gasteiger partial charge in [-0.15, -0.1) is 0 Å². The second kappa shape index (κ2) is 4.89. The molecule has 1 saturated heterocycles. The van der Waals surface area contributed by atoms with Gasteiger partial charge >= 0.3 is 0 Å². The van der Waals surface area contributed by atoms with Gasteiger partial charge in [-0.2, -0.15) is 0 Å². The summed E-state index contributed by atoms with van der Waals surface area (Å²) in [6, 6.07) is 2.15. The summed E-state index contributed by atoms with van der Waals surface area (Å²) >= 11 is 0. The highest BCUT2D eigenvalue weighted by molar-refractivity contribution is 5.16. The summed E-state index contributed by atoms with van der Waals surface area (Å²) in [7, 11) is 0. The molecule has 19 heavy (non-hydrogen) atoms. The third-order valence-electron chi connectivity index (χ3n) is 4.75. The first-order valence-corrected chi connectivity index (χ1v) is 7.60. The first kappa shape index (κ1) is 11.9. The van der Waals surface area contributed by atoms with Gasteiger partial charge in [0.1, 0.15) is 0 Å². The molecule has 4 rings (SSSR count). The molecular formula is C14H23N5. The highest BCUT2D eigenvalue weighted by Crippen LogP contribution is 2.29. The Balaban J connectivity index is 1.25. The Morgan fingerprint density at radius 3 is 3.21 bits per heavy atom. The quantitative estimate of drug-likeness (QED) is 0.727. The van der Waals surface area contributed by atoms with E-state index in [0.29, 0.717) is 12.1 Å². The van der Waals surface area contributed by atoms with E-state index < -0.39 is 0 Å². The first-order valence-electron chi connectivity index (χ1n) is 7.60. The van der Waals surface area contributed by atoms with Crippen molar-refractivity contribution in [3.8, 4) is 0 Å². The van der Waals surface area contributed by atoms with Gasteiger partial charge in [-0.3, -0.25) is 4.90 Å². The maximum atomic E-state index is 4.40. The van der Waals surface area contributed by atoms with E-state index >= 15 is 0 Å². The van der Waals surface area contributed by atoms with Crippen molar-refractivity contribution in [1.29, 1.82) is 0 Å². The lowest BCUT2D eigenvalue weighted by atomic mass is 10.1. The zero-order chi connectivity index (χ0) is 12.7. The Hall–Kier alpha value is -0.910. The van der Waals surface area contributed by atoms with E-state index in [4.69, 9.17) is 0 Å². The van der Waals surface area contributed by atoms with Crippen LogP contribution in [-0.2, 0) is 13.0 Å². The average molecular weight is 261 g/mol. The Kier molecular flexibility index (Phi) is 3.06. The van der Waals surface area contributed by atoms with Crippen molar-refractivity contribution in [2.24, 2.45) is 0 Å². The number of aromatic nitrogens is 2. The molecule has 2 unspecified atom stereocenters. The highest BCUT2D eigenvalue weighted by Gasteiger charge is 2.34. The molecule has 0 amide bonds. The second-order valence-corrected chi connectivity index (χ2v) is 6.23. The number of H-pyrrole nitrogens is 1. The number of hydrogen-bond acceptors (Lipinski definition) is 4. The van der Waals surface area contributed by atoms with Gasteiger partial charge in [-0.05, 0) is 19.3 Å². The zero-order valence-electron chi connectivity index (χ0n) is 11.4. The van der Waals surface area contributed by atoms with Gasteiger partial charge in [-0.1, -0.05) is 0 Å². The van der Waals surface area contributed by atoms with Gasteiger partial charge in [0.05, 0.1) is 17.7 Å². The second-order valence-electron chi connectivity index (χ2n) is 6.23. The molecule has 0 spiro atoms. The van der Waals surface area contributed by atoms with Crippen LogP contribution in [0.4, 0.5) is 0 Å². The maximum absolute atomic E-state index is 4.40. The fourth-order valence-electron chi connectivity index (χ4n) is 3.41. The predicted molar refractivity (Wildman–Crippen MR) is 73.9 cm³/mol. The molecule has 5 heteroatoms. The van der Waals surface area contributed by atoms with Gasteiger partial charge in [0.2, 0.25) is 0 Å². The summed E-state index contributed by atoms with van der Waals surface area (Å²) in [5, 5.41) is 7.33. The number of fused-ring (bicyclic) bond motifs is 1. The fourth-order valence-corrected chi connectivity index (χ4v) is 3.41.